The number of hydrogen-bond donors (Lipinski definition) is 0. The summed E-state index contributed by atoms with van der Waals surface area (Å²) in [6.07, 6.45) is 10.5. The van der Waals surface area contributed by atoms with E-state index in [0.29, 0.717) is 5.92 Å². The van der Waals surface area contributed by atoms with Crippen LogP contribution in [-0.4, -0.2) is 0 Å². The van der Waals surface area contributed by atoms with Crippen molar-refractivity contribution in [3.63, 3.8) is 0 Å². The summed E-state index contributed by atoms with van der Waals surface area (Å²) < 4.78 is 14.1. The van der Waals surface area contributed by atoms with Gasteiger partial charge in [0.25, 0.3) is 0 Å². The molecule has 0 spiro atoms. The molecule has 21 heavy (non-hydrogen) atoms. The molecule has 0 saturated heterocycles. The van der Waals surface area contributed by atoms with Gasteiger partial charge in [0.2, 0.25) is 0 Å². The first-order valence-electron chi connectivity index (χ1n) is 8.59. The summed E-state index contributed by atoms with van der Waals surface area (Å²) in [5.74, 6) is 2.94. The van der Waals surface area contributed by atoms with E-state index < -0.39 is 0 Å². The zero-order valence-corrected chi connectivity index (χ0v) is 13.7. The molecule has 0 unspecified atom stereocenters. The lowest BCUT2D eigenvalue weighted by Crippen LogP contribution is -2.25. The Morgan fingerprint density at radius 2 is 1.48 bits per heavy atom. The molecule has 2 fully saturated rings. The highest BCUT2D eigenvalue weighted by atomic mass is 35.5. The Kier molecular flexibility index (Phi) is 4.88. The molecule has 0 nitrogen and oxygen atoms in total. The van der Waals surface area contributed by atoms with Crippen molar-refractivity contribution in [3.8, 4) is 0 Å². The summed E-state index contributed by atoms with van der Waals surface area (Å²) in [4.78, 5) is 0. The number of hydrogen-bond acceptors (Lipinski definition) is 0. The van der Waals surface area contributed by atoms with Gasteiger partial charge in [-0.2, -0.15) is 0 Å². The molecule has 3 rings (SSSR count). The van der Waals surface area contributed by atoms with Gasteiger partial charge in [0.05, 0.1) is 5.02 Å². The highest BCUT2D eigenvalue weighted by Crippen LogP contribution is 2.44. The van der Waals surface area contributed by atoms with Crippen LogP contribution in [0.3, 0.4) is 0 Å². The normalized spacial score (nSPS) is 33.9. The molecule has 1 aromatic rings. The first-order chi connectivity index (χ1) is 10.1. The Morgan fingerprint density at radius 3 is 2.10 bits per heavy atom. The van der Waals surface area contributed by atoms with Crippen molar-refractivity contribution in [2.75, 3.05) is 0 Å². The SMILES string of the molecule is CC1CCC(C2CCC(c3cccc(Cl)c3F)CC2)CC1. The molecule has 0 aliphatic heterocycles. The smallest absolute Gasteiger partial charge is 0.145 e. The quantitative estimate of drug-likeness (QED) is 0.579. The van der Waals surface area contributed by atoms with E-state index in [2.05, 4.69) is 6.92 Å². The third-order valence-corrected chi connectivity index (χ3v) is 6.21. The van der Waals surface area contributed by atoms with Gasteiger partial charge >= 0.3 is 0 Å². The van der Waals surface area contributed by atoms with Gasteiger partial charge in [0.15, 0.2) is 0 Å². The summed E-state index contributed by atoms with van der Waals surface area (Å²) in [6.45, 7) is 2.38. The summed E-state index contributed by atoms with van der Waals surface area (Å²) in [5, 5.41) is 0.274. The average molecular weight is 309 g/mol. The molecule has 0 atom stereocenters. The van der Waals surface area contributed by atoms with E-state index in [1.807, 2.05) is 12.1 Å². The molecular formula is C19H26ClF. The zero-order valence-electron chi connectivity index (χ0n) is 13.0. The predicted octanol–water partition coefficient (Wildman–Crippen LogP) is 6.58. The van der Waals surface area contributed by atoms with Crippen LogP contribution in [-0.2, 0) is 0 Å². The van der Waals surface area contributed by atoms with Gasteiger partial charge in [0.1, 0.15) is 5.82 Å². The standard InChI is InChI=1S/C19H26ClF/c1-13-5-7-14(8-6-13)15-9-11-16(12-10-15)17-3-2-4-18(20)19(17)21/h2-4,13-16H,5-12H2,1H3. The largest absolute Gasteiger partial charge is 0.205 e. The van der Waals surface area contributed by atoms with Crippen LogP contribution in [0.5, 0.6) is 0 Å². The van der Waals surface area contributed by atoms with Crippen LogP contribution >= 0.6 is 11.6 Å². The molecule has 0 radical (unpaired) electrons. The predicted molar refractivity (Wildman–Crippen MR) is 87.2 cm³/mol. The fourth-order valence-corrected chi connectivity index (χ4v) is 4.68. The number of halogens is 2. The van der Waals surface area contributed by atoms with Crippen LogP contribution < -0.4 is 0 Å². The zero-order chi connectivity index (χ0) is 14.8. The molecule has 116 valence electrons. The maximum absolute atomic E-state index is 14.1. The molecular weight excluding hydrogens is 283 g/mol. The highest BCUT2D eigenvalue weighted by molar-refractivity contribution is 6.30. The van der Waals surface area contributed by atoms with Crippen LogP contribution in [0.15, 0.2) is 18.2 Å². The molecule has 2 saturated carbocycles. The third-order valence-electron chi connectivity index (χ3n) is 5.92. The lowest BCUT2D eigenvalue weighted by Gasteiger charge is -2.37. The van der Waals surface area contributed by atoms with E-state index in [-0.39, 0.29) is 10.8 Å². The van der Waals surface area contributed by atoms with Crippen molar-refractivity contribution in [2.24, 2.45) is 17.8 Å². The Hall–Kier alpha value is -0.560. The Balaban J connectivity index is 1.59. The monoisotopic (exact) mass is 308 g/mol. The molecule has 0 N–H and O–H groups in total. The van der Waals surface area contributed by atoms with Gasteiger partial charge in [-0.3, -0.25) is 0 Å². The van der Waals surface area contributed by atoms with E-state index in [1.54, 1.807) is 6.07 Å². The molecule has 1 aromatic carbocycles. The van der Waals surface area contributed by atoms with E-state index in [0.717, 1.165) is 36.2 Å². The van der Waals surface area contributed by atoms with Crippen LogP contribution in [0.25, 0.3) is 0 Å². The Morgan fingerprint density at radius 1 is 0.905 bits per heavy atom. The summed E-state index contributed by atoms with van der Waals surface area (Å²) in [6, 6.07) is 5.46. The van der Waals surface area contributed by atoms with Gasteiger partial charge < -0.3 is 0 Å². The average Bonchev–Trinajstić information content (AvgIpc) is 2.51. The summed E-state index contributed by atoms with van der Waals surface area (Å²) in [5.41, 5.74) is 0.846. The second kappa shape index (κ2) is 6.69. The van der Waals surface area contributed by atoms with Gasteiger partial charge in [0, 0.05) is 0 Å². The fourth-order valence-electron chi connectivity index (χ4n) is 4.49. The van der Waals surface area contributed by atoms with Gasteiger partial charge in [-0.25, -0.2) is 4.39 Å². The van der Waals surface area contributed by atoms with E-state index in [1.165, 1.54) is 38.5 Å². The van der Waals surface area contributed by atoms with E-state index in [4.69, 9.17) is 11.6 Å². The minimum Gasteiger partial charge on any atom is -0.205 e. The van der Waals surface area contributed by atoms with Crippen LogP contribution in [0, 0.1) is 23.6 Å². The van der Waals surface area contributed by atoms with Gasteiger partial charge in [-0.05, 0) is 73.8 Å². The van der Waals surface area contributed by atoms with Crippen LogP contribution in [0.4, 0.5) is 4.39 Å². The third kappa shape index (κ3) is 3.44. The topological polar surface area (TPSA) is 0 Å². The molecule has 2 heteroatoms. The maximum atomic E-state index is 14.1. The van der Waals surface area contributed by atoms with Gasteiger partial charge in [-0.1, -0.05) is 43.5 Å². The minimum absolute atomic E-state index is 0.186. The second-order valence-corrected chi connectivity index (χ2v) is 7.68. The maximum Gasteiger partial charge on any atom is 0.145 e. The molecule has 0 bridgehead atoms. The number of rotatable bonds is 2. The second-order valence-electron chi connectivity index (χ2n) is 7.27. The molecule has 0 heterocycles. The van der Waals surface area contributed by atoms with Crippen LogP contribution in [0.1, 0.15) is 69.8 Å². The Bertz CT molecular complexity index is 468. The minimum atomic E-state index is -0.186. The van der Waals surface area contributed by atoms with Crippen molar-refractivity contribution in [3.05, 3.63) is 34.6 Å². The van der Waals surface area contributed by atoms with Crippen molar-refractivity contribution < 1.29 is 4.39 Å². The van der Waals surface area contributed by atoms with E-state index in [9.17, 15) is 4.39 Å². The first kappa shape index (κ1) is 15.3. The van der Waals surface area contributed by atoms with Crippen molar-refractivity contribution in [1.82, 2.24) is 0 Å². The lowest BCUT2D eigenvalue weighted by molar-refractivity contribution is 0.164. The lowest BCUT2D eigenvalue weighted by atomic mass is 9.68. The Labute approximate surface area is 133 Å². The van der Waals surface area contributed by atoms with Gasteiger partial charge in [-0.15, -0.1) is 0 Å². The van der Waals surface area contributed by atoms with Crippen LogP contribution in [0.2, 0.25) is 5.02 Å². The van der Waals surface area contributed by atoms with Crippen molar-refractivity contribution >= 4 is 11.6 Å². The molecule has 0 amide bonds. The first-order valence-corrected chi connectivity index (χ1v) is 8.97. The van der Waals surface area contributed by atoms with E-state index >= 15 is 0 Å². The summed E-state index contributed by atoms with van der Waals surface area (Å²) in [7, 11) is 0. The highest BCUT2D eigenvalue weighted by Gasteiger charge is 2.31. The molecule has 2 aliphatic rings. The molecule has 2 aliphatic carbocycles. The molecule has 0 aromatic heterocycles. The van der Waals surface area contributed by atoms with Crippen molar-refractivity contribution in [1.29, 1.82) is 0 Å². The fraction of sp³-hybridized carbons (Fsp3) is 0.684. The number of benzene rings is 1. The van der Waals surface area contributed by atoms with Crippen molar-refractivity contribution in [2.45, 2.75) is 64.2 Å². The summed E-state index contributed by atoms with van der Waals surface area (Å²) >= 11 is 5.92.